The van der Waals surface area contributed by atoms with Crippen molar-refractivity contribution in [1.82, 2.24) is 20.1 Å². The average molecular weight is 244 g/mol. The van der Waals surface area contributed by atoms with E-state index < -0.39 is 0 Å². The van der Waals surface area contributed by atoms with E-state index in [9.17, 15) is 0 Å². The highest BCUT2D eigenvalue weighted by Gasteiger charge is 2.11. The van der Waals surface area contributed by atoms with Gasteiger partial charge >= 0.3 is 0 Å². The third-order valence-electron chi connectivity index (χ3n) is 3.17. The maximum Gasteiger partial charge on any atom is 0.0596 e. The van der Waals surface area contributed by atoms with Crippen LogP contribution in [-0.4, -0.2) is 27.9 Å². The number of nitrogens with one attached hydrogen (secondary N) is 1. The Hall–Kier alpha value is -1.68. The number of hydrogen-bond acceptors (Lipinski definition) is 3. The summed E-state index contributed by atoms with van der Waals surface area (Å²) in [5, 5.41) is 7.75. The van der Waals surface area contributed by atoms with Crippen LogP contribution in [0.25, 0.3) is 0 Å². The van der Waals surface area contributed by atoms with Crippen molar-refractivity contribution in [2.24, 2.45) is 7.05 Å². The molecule has 0 amide bonds. The largest absolute Gasteiger partial charge is 0.316 e. The summed E-state index contributed by atoms with van der Waals surface area (Å²) in [6.45, 7) is 2.03. The summed E-state index contributed by atoms with van der Waals surface area (Å²) in [7, 11) is 4.00. The molecule has 0 fully saturated rings. The molecule has 2 aromatic heterocycles. The van der Waals surface area contributed by atoms with Crippen molar-refractivity contribution in [1.29, 1.82) is 0 Å². The van der Waals surface area contributed by atoms with E-state index in [0.29, 0.717) is 6.04 Å². The van der Waals surface area contributed by atoms with E-state index in [0.717, 1.165) is 18.5 Å². The van der Waals surface area contributed by atoms with E-state index in [1.54, 1.807) is 0 Å². The molecule has 4 nitrogen and oxygen atoms in total. The van der Waals surface area contributed by atoms with E-state index in [1.807, 2.05) is 44.2 Å². The maximum absolute atomic E-state index is 4.38. The zero-order chi connectivity index (χ0) is 13.0. The lowest BCUT2D eigenvalue weighted by molar-refractivity contribution is 0.533. The van der Waals surface area contributed by atoms with Crippen molar-refractivity contribution in [3.63, 3.8) is 0 Å². The summed E-state index contributed by atoms with van der Waals surface area (Å²) in [6, 6.07) is 6.65. The van der Waals surface area contributed by atoms with Crippen LogP contribution >= 0.6 is 0 Å². The normalized spacial score (nSPS) is 12.6. The van der Waals surface area contributed by atoms with Gasteiger partial charge in [0.2, 0.25) is 0 Å². The first kappa shape index (κ1) is 12.8. The lowest BCUT2D eigenvalue weighted by Crippen LogP contribution is -2.30. The minimum Gasteiger partial charge on any atom is -0.316 e. The van der Waals surface area contributed by atoms with Crippen LogP contribution in [0.4, 0.5) is 0 Å². The molecule has 0 saturated heterocycles. The van der Waals surface area contributed by atoms with Gasteiger partial charge in [0.25, 0.3) is 0 Å². The minimum atomic E-state index is 0.406. The molecule has 0 aliphatic rings. The molecule has 0 aliphatic heterocycles. The number of aromatic nitrogens is 3. The van der Waals surface area contributed by atoms with Gasteiger partial charge in [-0.1, -0.05) is 6.07 Å². The monoisotopic (exact) mass is 244 g/mol. The Kier molecular flexibility index (Phi) is 4.10. The smallest absolute Gasteiger partial charge is 0.0596 e. The van der Waals surface area contributed by atoms with E-state index in [4.69, 9.17) is 0 Å². The summed E-state index contributed by atoms with van der Waals surface area (Å²) in [6.07, 6.45) is 5.69. The second-order valence-corrected chi connectivity index (χ2v) is 4.66. The van der Waals surface area contributed by atoms with Gasteiger partial charge in [0, 0.05) is 37.6 Å². The number of rotatable bonds is 5. The third-order valence-corrected chi connectivity index (χ3v) is 3.17. The Morgan fingerprint density at radius 1 is 1.39 bits per heavy atom. The van der Waals surface area contributed by atoms with E-state index >= 15 is 0 Å². The molecule has 18 heavy (non-hydrogen) atoms. The molecule has 0 saturated carbocycles. The number of aryl methyl sites for hydroxylation is 2. The quantitative estimate of drug-likeness (QED) is 0.866. The van der Waals surface area contributed by atoms with E-state index in [2.05, 4.69) is 27.5 Å². The molecule has 1 N–H and O–H groups in total. The van der Waals surface area contributed by atoms with Crippen LogP contribution in [-0.2, 0) is 19.9 Å². The third kappa shape index (κ3) is 3.17. The molecule has 0 aliphatic carbocycles. The molecule has 1 atom stereocenters. The molecule has 2 aromatic rings. The highest BCUT2D eigenvalue weighted by Crippen LogP contribution is 2.09. The van der Waals surface area contributed by atoms with Crippen molar-refractivity contribution >= 4 is 0 Å². The van der Waals surface area contributed by atoms with Crippen molar-refractivity contribution in [3.8, 4) is 0 Å². The molecule has 0 bridgehead atoms. The van der Waals surface area contributed by atoms with Crippen molar-refractivity contribution < 1.29 is 0 Å². The Morgan fingerprint density at radius 2 is 2.22 bits per heavy atom. The van der Waals surface area contributed by atoms with Crippen LogP contribution in [0.2, 0.25) is 0 Å². The van der Waals surface area contributed by atoms with Gasteiger partial charge in [-0.15, -0.1) is 0 Å². The average Bonchev–Trinajstić information content (AvgIpc) is 2.68. The van der Waals surface area contributed by atoms with Gasteiger partial charge in [-0.3, -0.25) is 9.67 Å². The first-order valence-electron chi connectivity index (χ1n) is 6.24. The number of hydrogen-bond donors (Lipinski definition) is 1. The van der Waals surface area contributed by atoms with Crippen LogP contribution in [0.1, 0.15) is 17.0 Å². The van der Waals surface area contributed by atoms with E-state index in [-0.39, 0.29) is 0 Å². The Labute approximate surface area is 108 Å². The first-order chi connectivity index (χ1) is 8.69. The lowest BCUT2D eigenvalue weighted by Gasteiger charge is -2.16. The van der Waals surface area contributed by atoms with Gasteiger partial charge < -0.3 is 5.32 Å². The van der Waals surface area contributed by atoms with Gasteiger partial charge in [0.15, 0.2) is 0 Å². The summed E-state index contributed by atoms with van der Waals surface area (Å²) in [4.78, 5) is 4.16. The van der Waals surface area contributed by atoms with Gasteiger partial charge in [0.1, 0.15) is 0 Å². The van der Waals surface area contributed by atoms with Crippen LogP contribution in [0.15, 0.2) is 30.6 Å². The Morgan fingerprint density at radius 3 is 2.78 bits per heavy atom. The fourth-order valence-electron chi connectivity index (χ4n) is 2.19. The first-order valence-corrected chi connectivity index (χ1v) is 6.24. The lowest BCUT2D eigenvalue weighted by atomic mass is 10.0. The molecule has 4 heteroatoms. The highest BCUT2D eigenvalue weighted by molar-refractivity contribution is 5.14. The molecular weight excluding hydrogens is 224 g/mol. The van der Waals surface area contributed by atoms with Crippen LogP contribution < -0.4 is 5.32 Å². The van der Waals surface area contributed by atoms with Crippen LogP contribution in [0, 0.1) is 6.92 Å². The predicted octanol–water partition coefficient (Wildman–Crippen LogP) is 1.50. The molecule has 1 unspecified atom stereocenters. The second kappa shape index (κ2) is 5.78. The molecule has 0 spiro atoms. The highest BCUT2D eigenvalue weighted by atomic mass is 15.3. The summed E-state index contributed by atoms with van der Waals surface area (Å²) >= 11 is 0. The molecule has 0 aromatic carbocycles. The standard InChI is InChI=1S/C14H20N4/c1-11-7-14(18(3)17-11)9-13(15-2)8-12-5-4-6-16-10-12/h4-7,10,13,15H,8-9H2,1-3H3. The minimum absolute atomic E-state index is 0.406. The second-order valence-electron chi connectivity index (χ2n) is 4.66. The molecule has 96 valence electrons. The van der Waals surface area contributed by atoms with Gasteiger partial charge in [-0.2, -0.15) is 5.10 Å². The predicted molar refractivity (Wildman–Crippen MR) is 72.4 cm³/mol. The Balaban J connectivity index is 2.04. The zero-order valence-corrected chi connectivity index (χ0v) is 11.2. The van der Waals surface area contributed by atoms with Crippen LogP contribution in [0.5, 0.6) is 0 Å². The number of likely N-dealkylation sites (N-methyl/N-ethyl adjacent to an activating group) is 1. The fraction of sp³-hybridized carbons (Fsp3) is 0.429. The van der Waals surface area contributed by atoms with Crippen molar-refractivity contribution in [2.75, 3.05) is 7.05 Å². The van der Waals surface area contributed by atoms with Gasteiger partial charge in [-0.05, 0) is 38.1 Å². The van der Waals surface area contributed by atoms with Gasteiger partial charge in [0.05, 0.1) is 5.69 Å². The zero-order valence-electron chi connectivity index (χ0n) is 11.2. The number of pyridine rings is 1. The van der Waals surface area contributed by atoms with Crippen molar-refractivity contribution in [3.05, 3.63) is 47.5 Å². The van der Waals surface area contributed by atoms with E-state index in [1.165, 1.54) is 11.3 Å². The molecule has 2 heterocycles. The summed E-state index contributed by atoms with van der Waals surface area (Å²) < 4.78 is 1.96. The number of nitrogens with zero attached hydrogens (tertiary/aromatic N) is 3. The van der Waals surface area contributed by atoms with Crippen LogP contribution in [0.3, 0.4) is 0 Å². The maximum atomic E-state index is 4.38. The fourth-order valence-corrected chi connectivity index (χ4v) is 2.19. The molecular formula is C14H20N4. The van der Waals surface area contributed by atoms with Crippen molar-refractivity contribution in [2.45, 2.75) is 25.8 Å². The molecule has 2 rings (SSSR count). The molecule has 0 radical (unpaired) electrons. The van der Waals surface area contributed by atoms with Gasteiger partial charge in [-0.25, -0.2) is 0 Å². The summed E-state index contributed by atoms with van der Waals surface area (Å²) in [5.74, 6) is 0. The summed E-state index contributed by atoms with van der Waals surface area (Å²) in [5.41, 5.74) is 3.59. The topological polar surface area (TPSA) is 42.7 Å². The Bertz CT molecular complexity index is 490. The SMILES string of the molecule is CNC(Cc1cccnc1)Cc1cc(C)nn1C.